The van der Waals surface area contributed by atoms with E-state index in [9.17, 15) is 8.42 Å². The molecule has 0 radical (unpaired) electrons. The SMILES string of the molecule is CS(=O)(=O)c1ccc(Cl)cc1B(O)O. The Kier molecular flexibility index (Phi) is 3.21. The largest absolute Gasteiger partial charge is 0.489 e. The lowest BCUT2D eigenvalue weighted by Gasteiger charge is -2.06. The number of hydrogen-bond donors (Lipinski definition) is 2. The van der Waals surface area contributed by atoms with Crippen molar-refractivity contribution in [3.8, 4) is 0 Å². The molecule has 76 valence electrons. The number of rotatable bonds is 2. The molecule has 0 heterocycles. The van der Waals surface area contributed by atoms with Gasteiger partial charge in [-0.15, -0.1) is 0 Å². The number of benzene rings is 1. The molecule has 0 atom stereocenters. The monoisotopic (exact) mass is 234 g/mol. The van der Waals surface area contributed by atoms with Crippen LogP contribution >= 0.6 is 11.6 Å². The van der Waals surface area contributed by atoms with Crippen LogP contribution in [0.15, 0.2) is 23.1 Å². The van der Waals surface area contributed by atoms with Crippen molar-refractivity contribution in [1.29, 1.82) is 0 Å². The summed E-state index contributed by atoms with van der Waals surface area (Å²) in [5.74, 6) is 0. The Morgan fingerprint density at radius 3 is 2.36 bits per heavy atom. The summed E-state index contributed by atoms with van der Waals surface area (Å²) in [6, 6.07) is 3.83. The summed E-state index contributed by atoms with van der Waals surface area (Å²) >= 11 is 5.59. The summed E-state index contributed by atoms with van der Waals surface area (Å²) in [4.78, 5) is -0.128. The average Bonchev–Trinajstić information content (AvgIpc) is 2.01. The van der Waals surface area contributed by atoms with Gasteiger partial charge < -0.3 is 10.0 Å². The van der Waals surface area contributed by atoms with Crippen molar-refractivity contribution in [2.75, 3.05) is 6.26 Å². The second-order valence-electron chi connectivity index (χ2n) is 2.83. The molecule has 0 bridgehead atoms. The highest BCUT2D eigenvalue weighted by atomic mass is 35.5. The molecular weight excluding hydrogens is 226 g/mol. The zero-order valence-electron chi connectivity index (χ0n) is 7.31. The van der Waals surface area contributed by atoms with Crippen LogP contribution in [-0.4, -0.2) is 31.8 Å². The van der Waals surface area contributed by atoms with Crippen molar-refractivity contribution < 1.29 is 18.5 Å². The third-order valence-electron chi connectivity index (χ3n) is 1.65. The molecule has 0 spiro atoms. The second kappa shape index (κ2) is 3.90. The molecule has 1 aromatic carbocycles. The van der Waals surface area contributed by atoms with Crippen LogP contribution in [0.3, 0.4) is 0 Å². The molecule has 4 nitrogen and oxygen atoms in total. The van der Waals surface area contributed by atoms with Gasteiger partial charge in [0, 0.05) is 16.7 Å². The maximum Gasteiger partial charge on any atom is 0.489 e. The molecule has 7 heteroatoms. The summed E-state index contributed by atoms with van der Waals surface area (Å²) in [6.45, 7) is 0. The van der Waals surface area contributed by atoms with Crippen molar-refractivity contribution in [3.05, 3.63) is 23.2 Å². The Morgan fingerprint density at radius 1 is 1.36 bits per heavy atom. The fourth-order valence-electron chi connectivity index (χ4n) is 1.06. The maximum absolute atomic E-state index is 11.2. The first-order chi connectivity index (χ1) is 6.32. The predicted octanol–water partition coefficient (Wildman–Crippen LogP) is -0.577. The van der Waals surface area contributed by atoms with E-state index in [1.54, 1.807) is 0 Å². The van der Waals surface area contributed by atoms with E-state index in [0.29, 0.717) is 0 Å². The second-order valence-corrected chi connectivity index (χ2v) is 5.25. The lowest BCUT2D eigenvalue weighted by Crippen LogP contribution is -2.34. The highest BCUT2D eigenvalue weighted by Crippen LogP contribution is 2.12. The van der Waals surface area contributed by atoms with Gasteiger partial charge in [-0.2, -0.15) is 0 Å². The maximum atomic E-state index is 11.2. The standard InChI is InChI=1S/C7H8BClO4S/c1-14(12,13)7-3-2-5(9)4-6(7)8(10)11/h2-4,10-11H,1H3. The lowest BCUT2D eigenvalue weighted by atomic mass is 9.80. The van der Waals surface area contributed by atoms with Gasteiger partial charge in [0.2, 0.25) is 0 Å². The minimum Gasteiger partial charge on any atom is -0.423 e. The molecule has 0 saturated carbocycles. The molecule has 0 aromatic heterocycles. The molecule has 0 aliphatic heterocycles. The highest BCUT2D eigenvalue weighted by Gasteiger charge is 2.21. The fourth-order valence-corrected chi connectivity index (χ4v) is 2.15. The normalized spacial score (nSPS) is 11.4. The average molecular weight is 234 g/mol. The van der Waals surface area contributed by atoms with Crippen LogP contribution in [0, 0.1) is 0 Å². The van der Waals surface area contributed by atoms with Crippen molar-refractivity contribution in [3.63, 3.8) is 0 Å². The van der Waals surface area contributed by atoms with E-state index < -0.39 is 17.0 Å². The quantitative estimate of drug-likeness (QED) is 0.672. The summed E-state index contributed by atoms with van der Waals surface area (Å²) in [5.41, 5.74) is -0.111. The summed E-state index contributed by atoms with van der Waals surface area (Å²) in [5, 5.41) is 18.1. The predicted molar refractivity (Wildman–Crippen MR) is 54.4 cm³/mol. The Bertz CT molecular complexity index is 443. The summed E-state index contributed by atoms with van der Waals surface area (Å²) in [7, 11) is -5.32. The smallest absolute Gasteiger partial charge is 0.423 e. The van der Waals surface area contributed by atoms with Gasteiger partial charge in [0.1, 0.15) is 0 Å². The fraction of sp³-hybridized carbons (Fsp3) is 0.143. The molecule has 0 amide bonds. The van der Waals surface area contributed by atoms with Gasteiger partial charge in [0.25, 0.3) is 0 Å². The minimum atomic E-state index is -3.47. The van der Waals surface area contributed by atoms with Gasteiger partial charge in [0.15, 0.2) is 9.84 Å². The Balaban J connectivity index is 3.45. The number of halogens is 1. The van der Waals surface area contributed by atoms with E-state index >= 15 is 0 Å². The first-order valence-corrected chi connectivity index (χ1v) is 5.95. The Morgan fingerprint density at radius 2 is 1.93 bits per heavy atom. The number of sulfone groups is 1. The molecule has 0 saturated heterocycles. The number of hydrogen-bond acceptors (Lipinski definition) is 4. The zero-order valence-corrected chi connectivity index (χ0v) is 8.88. The van der Waals surface area contributed by atoms with Crippen LogP contribution in [-0.2, 0) is 9.84 Å². The molecule has 1 rings (SSSR count). The van der Waals surface area contributed by atoms with E-state index in [1.165, 1.54) is 18.2 Å². The molecule has 0 aliphatic carbocycles. The molecule has 0 unspecified atom stereocenters. The minimum absolute atomic E-state index is 0.111. The van der Waals surface area contributed by atoms with Gasteiger partial charge >= 0.3 is 7.12 Å². The summed E-state index contributed by atoms with van der Waals surface area (Å²) in [6.07, 6.45) is 0.988. The molecule has 1 aromatic rings. The van der Waals surface area contributed by atoms with Gasteiger partial charge in [-0.05, 0) is 18.2 Å². The Hall–Kier alpha value is -0.555. The first kappa shape index (κ1) is 11.5. The third-order valence-corrected chi connectivity index (χ3v) is 3.06. The summed E-state index contributed by atoms with van der Waals surface area (Å²) < 4.78 is 22.4. The molecular formula is C7H8BClO4S. The molecule has 2 N–H and O–H groups in total. The van der Waals surface area contributed by atoms with Crippen LogP contribution in [0.25, 0.3) is 0 Å². The van der Waals surface area contributed by atoms with Crippen LogP contribution in [0.5, 0.6) is 0 Å². The van der Waals surface area contributed by atoms with Crippen LogP contribution < -0.4 is 5.46 Å². The van der Waals surface area contributed by atoms with Crippen molar-refractivity contribution >= 4 is 34.0 Å². The third kappa shape index (κ3) is 2.48. The van der Waals surface area contributed by atoms with Gasteiger partial charge in [-0.3, -0.25) is 0 Å². The lowest BCUT2D eigenvalue weighted by molar-refractivity contribution is 0.424. The van der Waals surface area contributed by atoms with Crippen LogP contribution in [0.1, 0.15) is 0 Å². The highest BCUT2D eigenvalue weighted by molar-refractivity contribution is 7.91. The van der Waals surface area contributed by atoms with Gasteiger partial charge in [-0.25, -0.2) is 8.42 Å². The topological polar surface area (TPSA) is 74.6 Å². The van der Waals surface area contributed by atoms with Gasteiger partial charge in [-0.1, -0.05) is 11.6 Å². The van der Waals surface area contributed by atoms with E-state index in [0.717, 1.165) is 6.26 Å². The molecule has 14 heavy (non-hydrogen) atoms. The van der Waals surface area contributed by atoms with Crippen LogP contribution in [0.2, 0.25) is 5.02 Å². The van der Waals surface area contributed by atoms with E-state index in [1.807, 2.05) is 0 Å². The van der Waals surface area contributed by atoms with E-state index in [-0.39, 0.29) is 15.4 Å². The molecule has 0 fully saturated rings. The van der Waals surface area contributed by atoms with E-state index in [4.69, 9.17) is 21.6 Å². The van der Waals surface area contributed by atoms with Crippen molar-refractivity contribution in [1.82, 2.24) is 0 Å². The first-order valence-electron chi connectivity index (χ1n) is 3.68. The van der Waals surface area contributed by atoms with Crippen molar-refractivity contribution in [2.45, 2.75) is 4.90 Å². The van der Waals surface area contributed by atoms with E-state index in [2.05, 4.69) is 0 Å². The molecule has 0 aliphatic rings. The Labute approximate surface area is 87.2 Å². The zero-order chi connectivity index (χ0) is 10.9. The van der Waals surface area contributed by atoms with Crippen molar-refractivity contribution in [2.24, 2.45) is 0 Å². The van der Waals surface area contributed by atoms with Crippen LogP contribution in [0.4, 0.5) is 0 Å². The van der Waals surface area contributed by atoms with Gasteiger partial charge in [0.05, 0.1) is 4.90 Å².